The lowest BCUT2D eigenvalue weighted by atomic mass is 9.87. The van der Waals surface area contributed by atoms with Gasteiger partial charge in [0.05, 0.1) is 6.26 Å². The lowest BCUT2D eigenvalue weighted by Gasteiger charge is -2.27. The molecule has 2 aromatic carbocycles. The van der Waals surface area contributed by atoms with Crippen molar-refractivity contribution < 1.29 is 13.2 Å². The summed E-state index contributed by atoms with van der Waals surface area (Å²) in [6.07, 6.45) is 2.22. The second kappa shape index (κ2) is 8.04. The van der Waals surface area contributed by atoms with Crippen LogP contribution >= 0.6 is 0 Å². The standard InChI is InChI=1S/C23H29N3O3S/c1-3-23(18-10-7-11-19(14-18)25-30(2,28)29)20-15-26(16-21(20)23)13-12-24-22(27)17-8-5-4-6-9-17/h4-11,14,20-21,25H,3,12-13,15-16H2,1-2H3,(H,24,27). The predicted octanol–water partition coefficient (Wildman–Crippen LogP) is 2.70. The van der Waals surface area contributed by atoms with E-state index in [4.69, 9.17) is 0 Å². The van der Waals surface area contributed by atoms with E-state index in [0.29, 0.717) is 29.6 Å². The van der Waals surface area contributed by atoms with Crippen molar-refractivity contribution in [3.8, 4) is 0 Å². The van der Waals surface area contributed by atoms with Crippen molar-refractivity contribution in [1.82, 2.24) is 10.2 Å². The summed E-state index contributed by atoms with van der Waals surface area (Å²) >= 11 is 0. The van der Waals surface area contributed by atoms with Crippen LogP contribution in [0.25, 0.3) is 0 Å². The minimum atomic E-state index is -3.28. The van der Waals surface area contributed by atoms with Crippen molar-refractivity contribution in [3.05, 3.63) is 65.7 Å². The molecule has 0 aromatic heterocycles. The summed E-state index contributed by atoms with van der Waals surface area (Å²) in [6, 6.07) is 17.1. The maximum absolute atomic E-state index is 12.2. The van der Waals surface area contributed by atoms with E-state index in [1.165, 1.54) is 11.8 Å². The zero-order chi connectivity index (χ0) is 21.4. The highest BCUT2D eigenvalue weighted by Crippen LogP contribution is 2.65. The molecule has 2 atom stereocenters. The first kappa shape index (κ1) is 20.9. The van der Waals surface area contributed by atoms with E-state index < -0.39 is 10.0 Å². The SMILES string of the molecule is CCC1(c2cccc(NS(C)(=O)=O)c2)C2CN(CCNC(=O)c3ccccc3)CC21. The summed E-state index contributed by atoms with van der Waals surface area (Å²) in [5, 5.41) is 3.01. The largest absolute Gasteiger partial charge is 0.351 e. The molecule has 2 aromatic rings. The fourth-order valence-corrected chi connectivity index (χ4v) is 5.82. The Hall–Kier alpha value is -2.38. The molecule has 30 heavy (non-hydrogen) atoms. The van der Waals surface area contributed by atoms with Gasteiger partial charge in [0.15, 0.2) is 0 Å². The number of sulfonamides is 1. The highest BCUT2D eigenvalue weighted by molar-refractivity contribution is 7.92. The molecule has 2 fully saturated rings. The van der Waals surface area contributed by atoms with Crippen molar-refractivity contribution in [1.29, 1.82) is 0 Å². The van der Waals surface area contributed by atoms with Crippen LogP contribution < -0.4 is 10.0 Å². The highest BCUT2D eigenvalue weighted by Gasteiger charge is 2.67. The Kier molecular flexibility index (Phi) is 5.59. The minimum Gasteiger partial charge on any atom is -0.351 e. The molecule has 4 rings (SSSR count). The van der Waals surface area contributed by atoms with Gasteiger partial charge in [0.2, 0.25) is 10.0 Å². The Labute approximate surface area is 178 Å². The van der Waals surface area contributed by atoms with Gasteiger partial charge >= 0.3 is 0 Å². The molecule has 0 spiro atoms. The highest BCUT2D eigenvalue weighted by atomic mass is 32.2. The molecular weight excluding hydrogens is 398 g/mol. The molecule has 1 aliphatic heterocycles. The number of hydrogen-bond donors (Lipinski definition) is 2. The van der Waals surface area contributed by atoms with Crippen LogP contribution in [-0.4, -0.2) is 51.7 Å². The molecule has 1 saturated heterocycles. The van der Waals surface area contributed by atoms with E-state index in [1.807, 2.05) is 42.5 Å². The summed E-state index contributed by atoms with van der Waals surface area (Å²) in [7, 11) is -3.28. The molecule has 160 valence electrons. The minimum absolute atomic E-state index is 0.0296. The Morgan fingerprint density at radius 2 is 1.80 bits per heavy atom. The molecular formula is C23H29N3O3S. The number of carbonyl (C=O) groups is 1. The lowest BCUT2D eigenvalue weighted by molar-refractivity contribution is 0.0948. The van der Waals surface area contributed by atoms with Crippen LogP contribution in [0.15, 0.2) is 54.6 Å². The van der Waals surface area contributed by atoms with E-state index in [9.17, 15) is 13.2 Å². The number of anilines is 1. The average Bonchev–Trinajstić information content (AvgIpc) is 3.10. The zero-order valence-corrected chi connectivity index (χ0v) is 18.3. The second-order valence-electron chi connectivity index (χ2n) is 8.44. The number of benzene rings is 2. The van der Waals surface area contributed by atoms with Gasteiger partial charge in [-0.3, -0.25) is 9.52 Å². The Balaban J connectivity index is 1.33. The van der Waals surface area contributed by atoms with Crippen LogP contribution in [-0.2, 0) is 15.4 Å². The van der Waals surface area contributed by atoms with E-state index >= 15 is 0 Å². The first-order valence-electron chi connectivity index (χ1n) is 10.5. The molecule has 6 nitrogen and oxygen atoms in total. The lowest BCUT2D eigenvalue weighted by Crippen LogP contribution is -2.37. The molecule has 1 amide bonds. The molecule has 2 N–H and O–H groups in total. The number of fused-ring (bicyclic) bond motifs is 1. The van der Waals surface area contributed by atoms with Crippen LogP contribution in [0.4, 0.5) is 5.69 Å². The quantitative estimate of drug-likeness (QED) is 0.679. The first-order valence-corrected chi connectivity index (χ1v) is 12.4. The summed E-state index contributed by atoms with van der Waals surface area (Å²) in [5.41, 5.74) is 2.69. The van der Waals surface area contributed by atoms with Crippen molar-refractivity contribution in [3.63, 3.8) is 0 Å². The van der Waals surface area contributed by atoms with Crippen LogP contribution in [0.3, 0.4) is 0 Å². The molecule has 0 radical (unpaired) electrons. The fourth-order valence-electron chi connectivity index (χ4n) is 5.26. The van der Waals surface area contributed by atoms with Crippen molar-refractivity contribution >= 4 is 21.6 Å². The monoisotopic (exact) mass is 427 g/mol. The molecule has 7 heteroatoms. The van der Waals surface area contributed by atoms with Crippen LogP contribution in [0, 0.1) is 11.8 Å². The first-order chi connectivity index (χ1) is 14.3. The van der Waals surface area contributed by atoms with Gasteiger partial charge in [-0.1, -0.05) is 37.3 Å². The van der Waals surface area contributed by atoms with Crippen molar-refractivity contribution in [2.45, 2.75) is 18.8 Å². The third-order valence-electron chi connectivity index (χ3n) is 6.65. The number of hydrogen-bond acceptors (Lipinski definition) is 4. The van der Waals surface area contributed by atoms with Gasteiger partial charge in [-0.05, 0) is 48.1 Å². The summed E-state index contributed by atoms with van der Waals surface area (Å²) in [4.78, 5) is 14.6. The molecule has 1 heterocycles. The average molecular weight is 428 g/mol. The smallest absolute Gasteiger partial charge is 0.251 e. The van der Waals surface area contributed by atoms with Crippen molar-refractivity contribution in [2.75, 3.05) is 37.2 Å². The number of likely N-dealkylation sites (tertiary alicyclic amines) is 1. The predicted molar refractivity (Wildman–Crippen MR) is 119 cm³/mol. The van der Waals surface area contributed by atoms with Gasteiger partial charge in [0.25, 0.3) is 5.91 Å². The molecule has 2 unspecified atom stereocenters. The van der Waals surface area contributed by atoms with E-state index in [1.54, 1.807) is 6.07 Å². The van der Waals surface area contributed by atoms with Gasteiger partial charge in [-0.2, -0.15) is 0 Å². The topological polar surface area (TPSA) is 78.5 Å². The number of piperidine rings is 1. The van der Waals surface area contributed by atoms with Gasteiger partial charge < -0.3 is 10.2 Å². The van der Waals surface area contributed by atoms with Crippen LogP contribution in [0.1, 0.15) is 29.3 Å². The van der Waals surface area contributed by atoms with Gasteiger partial charge in [-0.25, -0.2) is 8.42 Å². The van der Waals surface area contributed by atoms with E-state index in [2.05, 4.69) is 27.9 Å². The molecule has 1 saturated carbocycles. The second-order valence-corrected chi connectivity index (χ2v) is 10.2. The number of amides is 1. The number of nitrogens with zero attached hydrogens (tertiary/aromatic N) is 1. The van der Waals surface area contributed by atoms with Crippen LogP contribution in [0.2, 0.25) is 0 Å². The molecule has 2 aliphatic rings. The fraction of sp³-hybridized carbons (Fsp3) is 0.435. The Bertz CT molecular complexity index is 1010. The number of carbonyl (C=O) groups excluding carboxylic acids is 1. The van der Waals surface area contributed by atoms with Gasteiger partial charge in [-0.15, -0.1) is 0 Å². The van der Waals surface area contributed by atoms with Gasteiger partial charge in [0.1, 0.15) is 0 Å². The van der Waals surface area contributed by atoms with Crippen molar-refractivity contribution in [2.24, 2.45) is 11.8 Å². The Morgan fingerprint density at radius 3 is 2.43 bits per heavy atom. The third-order valence-corrected chi connectivity index (χ3v) is 7.25. The molecule has 1 aliphatic carbocycles. The summed E-state index contributed by atoms with van der Waals surface area (Å²) in [6.45, 7) is 5.74. The van der Waals surface area contributed by atoms with Gasteiger partial charge in [0, 0.05) is 42.8 Å². The maximum atomic E-state index is 12.2. The van der Waals surface area contributed by atoms with Crippen LogP contribution in [0.5, 0.6) is 0 Å². The zero-order valence-electron chi connectivity index (χ0n) is 17.5. The maximum Gasteiger partial charge on any atom is 0.251 e. The van der Waals surface area contributed by atoms with E-state index in [0.717, 1.165) is 26.1 Å². The van der Waals surface area contributed by atoms with E-state index in [-0.39, 0.29) is 11.3 Å². The summed E-state index contributed by atoms with van der Waals surface area (Å²) in [5.74, 6) is 1.14. The molecule has 0 bridgehead atoms. The number of rotatable bonds is 8. The normalized spacial score (nSPS) is 25.5. The Morgan fingerprint density at radius 1 is 1.10 bits per heavy atom. The summed E-state index contributed by atoms with van der Waals surface area (Å²) < 4.78 is 25.7. The third kappa shape index (κ3) is 4.09. The number of nitrogens with one attached hydrogen (secondary N) is 2.